The first-order valence-corrected chi connectivity index (χ1v) is 6.56. The molecule has 17 heavy (non-hydrogen) atoms. The van der Waals surface area contributed by atoms with E-state index in [4.69, 9.17) is 0 Å². The molecule has 0 amide bonds. The first-order chi connectivity index (χ1) is 8.08. The van der Waals surface area contributed by atoms with Crippen molar-refractivity contribution >= 4 is 0 Å². The molecular formula is C15H23NO. The van der Waals surface area contributed by atoms with Crippen LogP contribution in [0.2, 0.25) is 0 Å². The Bertz CT molecular complexity index is 385. The third-order valence-corrected chi connectivity index (χ3v) is 3.70. The van der Waals surface area contributed by atoms with Crippen molar-refractivity contribution < 1.29 is 5.11 Å². The summed E-state index contributed by atoms with van der Waals surface area (Å²) < 4.78 is 0. The van der Waals surface area contributed by atoms with Gasteiger partial charge >= 0.3 is 0 Å². The lowest BCUT2D eigenvalue weighted by molar-refractivity contribution is 0.145. The summed E-state index contributed by atoms with van der Waals surface area (Å²) >= 11 is 0. The second-order valence-electron chi connectivity index (χ2n) is 5.39. The second kappa shape index (κ2) is 5.19. The Labute approximate surface area is 104 Å². The summed E-state index contributed by atoms with van der Waals surface area (Å²) in [7, 11) is 0. The molecule has 0 radical (unpaired) electrons. The predicted molar refractivity (Wildman–Crippen MR) is 71.1 cm³/mol. The van der Waals surface area contributed by atoms with E-state index in [1.54, 1.807) is 0 Å². The van der Waals surface area contributed by atoms with Crippen LogP contribution in [-0.4, -0.2) is 17.8 Å². The van der Waals surface area contributed by atoms with Crippen LogP contribution in [0.15, 0.2) is 18.2 Å². The minimum atomic E-state index is -0.164. The zero-order valence-corrected chi connectivity index (χ0v) is 11.0. The van der Waals surface area contributed by atoms with Crippen LogP contribution in [0.25, 0.3) is 0 Å². The van der Waals surface area contributed by atoms with Gasteiger partial charge in [-0.3, -0.25) is 0 Å². The van der Waals surface area contributed by atoms with E-state index in [-0.39, 0.29) is 6.10 Å². The Kier molecular flexibility index (Phi) is 3.85. The fraction of sp³-hybridized carbons (Fsp3) is 0.600. The Balaban J connectivity index is 1.93. The van der Waals surface area contributed by atoms with Crippen LogP contribution >= 0.6 is 0 Å². The molecule has 0 heterocycles. The van der Waals surface area contributed by atoms with E-state index in [9.17, 15) is 5.11 Å². The van der Waals surface area contributed by atoms with Gasteiger partial charge in [0.2, 0.25) is 0 Å². The van der Waals surface area contributed by atoms with Gasteiger partial charge in [-0.1, -0.05) is 23.8 Å². The monoisotopic (exact) mass is 233 g/mol. The van der Waals surface area contributed by atoms with Crippen LogP contribution in [0.1, 0.15) is 42.5 Å². The molecule has 94 valence electrons. The molecule has 0 aliphatic heterocycles. The van der Waals surface area contributed by atoms with Crippen LogP contribution in [0.4, 0.5) is 0 Å². The molecule has 1 fully saturated rings. The van der Waals surface area contributed by atoms with Crippen LogP contribution in [0.3, 0.4) is 0 Å². The summed E-state index contributed by atoms with van der Waals surface area (Å²) in [5.41, 5.74) is 3.95. The highest BCUT2D eigenvalue weighted by Crippen LogP contribution is 2.32. The quantitative estimate of drug-likeness (QED) is 0.819. The molecule has 2 nitrogen and oxygen atoms in total. The smallest absolute Gasteiger partial charge is 0.0692 e. The van der Waals surface area contributed by atoms with Crippen molar-refractivity contribution in [1.82, 2.24) is 5.32 Å². The topological polar surface area (TPSA) is 32.3 Å². The number of hydrogen-bond donors (Lipinski definition) is 2. The van der Waals surface area contributed by atoms with Crippen molar-refractivity contribution in [3.8, 4) is 0 Å². The molecule has 2 heteroatoms. The van der Waals surface area contributed by atoms with Gasteiger partial charge in [-0.25, -0.2) is 0 Å². The molecule has 1 aliphatic rings. The highest BCUT2D eigenvalue weighted by molar-refractivity contribution is 5.32. The third-order valence-electron chi connectivity index (χ3n) is 3.70. The maximum atomic E-state index is 9.85. The van der Waals surface area contributed by atoms with E-state index in [0.29, 0.717) is 18.5 Å². The van der Waals surface area contributed by atoms with Crippen molar-refractivity contribution in [2.24, 2.45) is 5.92 Å². The number of aliphatic hydroxyl groups is 1. The molecule has 0 saturated heterocycles. The number of hydrogen-bond acceptors (Lipinski definition) is 2. The summed E-state index contributed by atoms with van der Waals surface area (Å²) in [5, 5.41) is 13.3. The highest BCUT2D eigenvalue weighted by atomic mass is 16.3. The number of benzene rings is 1. The first kappa shape index (κ1) is 12.6. The largest absolute Gasteiger partial charge is 0.392 e. The summed E-state index contributed by atoms with van der Waals surface area (Å²) in [6, 6.07) is 6.85. The molecule has 0 spiro atoms. The fourth-order valence-electron chi connectivity index (χ4n) is 2.28. The molecule has 1 aromatic carbocycles. The lowest BCUT2D eigenvalue weighted by Gasteiger charge is -2.19. The molecular weight excluding hydrogens is 210 g/mol. The zero-order valence-electron chi connectivity index (χ0n) is 11.0. The molecule has 0 bridgehead atoms. The van der Waals surface area contributed by atoms with Gasteiger partial charge in [0.1, 0.15) is 0 Å². The number of nitrogens with one attached hydrogen (secondary N) is 1. The lowest BCUT2D eigenvalue weighted by Crippen LogP contribution is -2.30. The van der Waals surface area contributed by atoms with Gasteiger partial charge in [-0.15, -0.1) is 0 Å². The van der Waals surface area contributed by atoms with Crippen molar-refractivity contribution in [2.75, 3.05) is 6.54 Å². The predicted octanol–water partition coefficient (Wildman–Crippen LogP) is 2.72. The summed E-state index contributed by atoms with van der Waals surface area (Å²) in [5.74, 6) is 0.549. The van der Waals surface area contributed by atoms with Gasteiger partial charge in [0, 0.05) is 12.6 Å². The standard InChI is InChI=1S/C15H23NO/c1-10-4-5-11(2)14(8-10)12(3)16-9-15(17)13-6-7-13/h4-5,8,12-13,15-17H,6-7,9H2,1-3H3. The number of rotatable bonds is 5. The zero-order chi connectivity index (χ0) is 12.4. The molecule has 1 saturated carbocycles. The van der Waals surface area contributed by atoms with Crippen LogP contribution in [-0.2, 0) is 0 Å². The molecule has 2 atom stereocenters. The molecule has 2 rings (SSSR count). The number of aliphatic hydroxyl groups excluding tert-OH is 1. The SMILES string of the molecule is Cc1ccc(C)c(C(C)NCC(O)C2CC2)c1. The van der Waals surface area contributed by atoms with Crippen molar-refractivity contribution in [2.45, 2.75) is 45.8 Å². The maximum absolute atomic E-state index is 9.85. The van der Waals surface area contributed by atoms with E-state index in [1.807, 2.05) is 0 Å². The van der Waals surface area contributed by atoms with E-state index in [1.165, 1.54) is 29.5 Å². The Morgan fingerprint density at radius 3 is 2.71 bits per heavy atom. The minimum Gasteiger partial charge on any atom is -0.392 e. The van der Waals surface area contributed by atoms with Gasteiger partial charge in [-0.2, -0.15) is 0 Å². The van der Waals surface area contributed by atoms with Crippen molar-refractivity contribution in [1.29, 1.82) is 0 Å². The van der Waals surface area contributed by atoms with E-state index < -0.39 is 0 Å². The van der Waals surface area contributed by atoms with Gasteiger partial charge in [0.15, 0.2) is 0 Å². The van der Waals surface area contributed by atoms with Crippen LogP contribution < -0.4 is 5.32 Å². The van der Waals surface area contributed by atoms with Gasteiger partial charge < -0.3 is 10.4 Å². The van der Waals surface area contributed by atoms with Crippen molar-refractivity contribution in [3.63, 3.8) is 0 Å². The summed E-state index contributed by atoms with van der Waals surface area (Å²) in [4.78, 5) is 0. The average molecular weight is 233 g/mol. The Morgan fingerprint density at radius 2 is 2.06 bits per heavy atom. The Hall–Kier alpha value is -0.860. The Morgan fingerprint density at radius 1 is 1.35 bits per heavy atom. The minimum absolute atomic E-state index is 0.164. The highest BCUT2D eigenvalue weighted by Gasteiger charge is 2.29. The molecule has 2 unspecified atom stereocenters. The average Bonchev–Trinajstić information content (AvgIpc) is 3.12. The molecule has 2 N–H and O–H groups in total. The lowest BCUT2D eigenvalue weighted by atomic mass is 10.00. The van der Waals surface area contributed by atoms with Crippen molar-refractivity contribution in [3.05, 3.63) is 34.9 Å². The van der Waals surface area contributed by atoms with Crippen LogP contribution in [0, 0.1) is 19.8 Å². The van der Waals surface area contributed by atoms with Gasteiger partial charge in [-0.05, 0) is 50.7 Å². The normalized spacial score (nSPS) is 19.1. The molecule has 1 aromatic rings. The number of aryl methyl sites for hydroxylation is 2. The van der Waals surface area contributed by atoms with Gasteiger partial charge in [0.25, 0.3) is 0 Å². The fourth-order valence-corrected chi connectivity index (χ4v) is 2.28. The summed E-state index contributed by atoms with van der Waals surface area (Å²) in [6.07, 6.45) is 2.23. The maximum Gasteiger partial charge on any atom is 0.0692 e. The molecule has 1 aliphatic carbocycles. The van der Waals surface area contributed by atoms with E-state index in [0.717, 1.165) is 0 Å². The van der Waals surface area contributed by atoms with Crippen LogP contribution in [0.5, 0.6) is 0 Å². The second-order valence-corrected chi connectivity index (χ2v) is 5.39. The van der Waals surface area contributed by atoms with E-state index >= 15 is 0 Å². The summed E-state index contributed by atoms with van der Waals surface area (Å²) in [6.45, 7) is 7.14. The van der Waals surface area contributed by atoms with E-state index in [2.05, 4.69) is 44.3 Å². The molecule has 0 aromatic heterocycles. The first-order valence-electron chi connectivity index (χ1n) is 6.56. The van der Waals surface area contributed by atoms with Gasteiger partial charge in [0.05, 0.1) is 6.10 Å². The third kappa shape index (κ3) is 3.30.